The number of pyridine rings is 1. The Kier molecular flexibility index (Phi) is 25.4. The molecule has 2 aliphatic heterocycles. The number of hydrazine groups is 1. The van der Waals surface area contributed by atoms with E-state index in [2.05, 4.69) is 47.9 Å². The summed E-state index contributed by atoms with van der Waals surface area (Å²) in [6.45, 7) is 5.31. The van der Waals surface area contributed by atoms with Crippen molar-refractivity contribution in [3.05, 3.63) is 125 Å². The number of nitrogens with zero attached hydrogens (tertiary/aromatic N) is 5. The number of amidine groups is 2. The Morgan fingerprint density at radius 1 is 0.697 bits per heavy atom. The number of aliphatic hydroxyl groups excluding tert-OH is 1. The van der Waals surface area contributed by atoms with Crippen molar-refractivity contribution in [2.24, 2.45) is 10.2 Å². The zero-order chi connectivity index (χ0) is 53.6. The Morgan fingerprint density at radius 2 is 1.30 bits per heavy atom. The van der Waals surface area contributed by atoms with Crippen LogP contribution in [0.15, 0.2) is 108 Å². The van der Waals surface area contributed by atoms with Crippen LogP contribution in [0.5, 0.6) is 5.75 Å². The second-order valence-electron chi connectivity index (χ2n) is 16.9. The summed E-state index contributed by atoms with van der Waals surface area (Å²) in [6.07, 6.45) is 7.23. The molecule has 0 fully saturated rings. The number of hydrogen-bond acceptors (Lipinski definition) is 18. The lowest BCUT2D eigenvalue weighted by Crippen LogP contribution is -2.52. The van der Waals surface area contributed by atoms with Gasteiger partial charge in [0.1, 0.15) is 18.6 Å². The third kappa shape index (κ3) is 21.6. The molecule has 24 heteroatoms. The molecule has 3 heterocycles. The Bertz CT molecular complexity index is 2550. The van der Waals surface area contributed by atoms with Crippen LogP contribution in [0.2, 0.25) is 0 Å². The van der Waals surface area contributed by atoms with Gasteiger partial charge in [-0.2, -0.15) is 5.01 Å². The summed E-state index contributed by atoms with van der Waals surface area (Å²) < 4.78 is 54.4. The number of carbonyl (C=O) groups is 3. The highest BCUT2D eigenvalue weighted by Gasteiger charge is 2.27. The fourth-order valence-corrected chi connectivity index (χ4v) is 7.80. The van der Waals surface area contributed by atoms with Crippen molar-refractivity contribution in [1.82, 2.24) is 26.1 Å². The van der Waals surface area contributed by atoms with E-state index in [4.69, 9.17) is 42.9 Å². The van der Waals surface area contributed by atoms with Crippen LogP contribution in [0.1, 0.15) is 59.9 Å². The van der Waals surface area contributed by atoms with Crippen molar-refractivity contribution >= 4 is 55.2 Å². The molecule has 0 saturated carbocycles. The van der Waals surface area contributed by atoms with Crippen molar-refractivity contribution in [2.45, 2.75) is 51.5 Å². The van der Waals surface area contributed by atoms with Crippen molar-refractivity contribution in [2.75, 3.05) is 97.3 Å². The summed E-state index contributed by atoms with van der Waals surface area (Å²) in [7, 11) is -4.72. The van der Waals surface area contributed by atoms with Gasteiger partial charge < -0.3 is 53.0 Å². The van der Waals surface area contributed by atoms with Crippen molar-refractivity contribution in [1.29, 1.82) is 0 Å². The van der Waals surface area contributed by atoms with Crippen LogP contribution in [0.3, 0.4) is 0 Å². The number of rotatable bonds is 34. The Hall–Kier alpha value is -6.47. The number of anilines is 1. The molecule has 0 spiro atoms. The zero-order valence-electron chi connectivity index (χ0n) is 42.2. The van der Waals surface area contributed by atoms with Gasteiger partial charge in [0, 0.05) is 50.3 Å². The van der Waals surface area contributed by atoms with Gasteiger partial charge in [-0.15, -0.1) is 10.2 Å². The van der Waals surface area contributed by atoms with E-state index >= 15 is 0 Å². The number of hydrogen-bond donors (Lipinski definition) is 6. The van der Waals surface area contributed by atoms with E-state index in [1.54, 1.807) is 24.5 Å². The Balaban J connectivity index is 0.702. The third-order valence-corrected chi connectivity index (χ3v) is 11.7. The lowest BCUT2D eigenvalue weighted by Gasteiger charge is -2.27. The first-order valence-electron chi connectivity index (χ1n) is 24.9. The van der Waals surface area contributed by atoms with Crippen LogP contribution in [0.25, 0.3) is 12.2 Å². The van der Waals surface area contributed by atoms with Crippen molar-refractivity contribution in [3.8, 4) is 5.75 Å². The Morgan fingerprint density at radius 3 is 1.97 bits per heavy atom. The highest BCUT2D eigenvalue weighted by molar-refractivity contribution is 7.46. The number of phosphoric acid groups is 1. The number of para-hydroxylation sites is 1. The maximum atomic E-state index is 13.4. The van der Waals surface area contributed by atoms with E-state index in [0.29, 0.717) is 116 Å². The van der Waals surface area contributed by atoms with Crippen molar-refractivity contribution < 1.29 is 71.5 Å². The second kappa shape index (κ2) is 32.9. The van der Waals surface area contributed by atoms with Crippen LogP contribution >= 0.6 is 7.82 Å². The molecule has 2 aliphatic rings. The quantitative estimate of drug-likeness (QED) is 0.0212. The maximum Gasteiger partial charge on any atom is 0.524 e. The molecule has 3 amide bonds. The fourth-order valence-electron chi connectivity index (χ4n) is 7.41. The van der Waals surface area contributed by atoms with Gasteiger partial charge in [-0.3, -0.25) is 35.1 Å². The summed E-state index contributed by atoms with van der Waals surface area (Å²) in [6, 6.07) is 25.0. The molecule has 1 aromatic heterocycles. The molecular weight excluding hydrogens is 1010 g/mol. The van der Waals surface area contributed by atoms with Crippen molar-refractivity contribution in [3.63, 3.8) is 0 Å². The number of nitrogens with one attached hydrogen (secondary N) is 3. The average Bonchev–Trinajstić information content (AvgIpc) is 3.41. The molecule has 0 aliphatic carbocycles. The van der Waals surface area contributed by atoms with Crippen LogP contribution in [0, 0.1) is 0 Å². The number of ether oxygens (including phenoxy) is 7. The number of benzene rings is 3. The predicted octanol–water partition coefficient (Wildman–Crippen LogP) is 4.56. The summed E-state index contributed by atoms with van der Waals surface area (Å²) in [5.74, 6) is 0.143. The first-order chi connectivity index (χ1) is 37.0. The van der Waals surface area contributed by atoms with Gasteiger partial charge in [0.25, 0.3) is 0 Å². The van der Waals surface area contributed by atoms with Gasteiger partial charge in [0.15, 0.2) is 11.7 Å². The van der Waals surface area contributed by atoms with Crippen LogP contribution in [0.4, 0.5) is 10.5 Å². The standard InChI is InChI=1S/C52H67N8O15P/c61-48(10-5-11-50(63)59-38-44-8-2-1-6-41(44)14-15-42-7-3-4-9-46(42)59)55-25-27-69-29-31-71-33-35-73-37-36-72-34-32-70-30-28-68-26-21-49(62)54-24-20-47-56-57-51(43-18-22-53-23-19-43)58-60(47)52(64)74-39-40-12-16-45(17-13-40)75-76(65,66)67/h1-4,6-9,12-19,22-23,48,55,61H,5,10-11,20-21,24-39H2,(H,54,62)(H,57,58)(H2,65,66,67)/b15-14-. The highest BCUT2D eigenvalue weighted by Crippen LogP contribution is 2.37. The predicted molar refractivity (Wildman–Crippen MR) is 281 cm³/mol. The fraction of sp³-hybridized carbons (Fsp3) is 0.423. The van der Waals surface area contributed by atoms with E-state index < -0.39 is 20.1 Å². The molecule has 23 nitrogen and oxygen atoms in total. The number of aliphatic hydroxyl groups is 1. The normalized spacial score (nSPS) is 14.0. The molecule has 0 bridgehead atoms. The summed E-state index contributed by atoms with van der Waals surface area (Å²) in [5, 5.41) is 25.7. The van der Waals surface area contributed by atoms with Crippen LogP contribution < -0.4 is 25.5 Å². The molecule has 0 saturated heterocycles. The second-order valence-corrected chi connectivity index (χ2v) is 18.0. The van der Waals surface area contributed by atoms with Gasteiger partial charge in [-0.25, -0.2) is 9.36 Å². The zero-order valence-corrected chi connectivity index (χ0v) is 43.1. The molecule has 1 unspecified atom stereocenters. The monoisotopic (exact) mass is 1070 g/mol. The summed E-state index contributed by atoms with van der Waals surface area (Å²) >= 11 is 0. The summed E-state index contributed by atoms with van der Waals surface area (Å²) in [5.41, 5.74) is 8.09. The SMILES string of the molecule is O=C(CCOCCOCCOCCOCCOCCOCCNC(O)CCCC(=O)N1Cc2ccccc2/C=C\c2ccccc21)NCCC1=NN=C(c2ccncc2)NN1C(=O)OCc1ccc(OP(=O)(O)O)cc1. The molecule has 1 atom stereocenters. The maximum absolute atomic E-state index is 13.4. The number of amides is 3. The minimum atomic E-state index is -4.72. The van der Waals surface area contributed by atoms with Crippen LogP contribution in [-0.4, -0.2) is 153 Å². The smallest absolute Gasteiger partial charge is 0.443 e. The number of aromatic nitrogens is 1. The first-order valence-corrected chi connectivity index (χ1v) is 26.5. The summed E-state index contributed by atoms with van der Waals surface area (Å²) in [4.78, 5) is 63.0. The van der Waals surface area contributed by atoms with Gasteiger partial charge in [-0.1, -0.05) is 66.7 Å². The number of phosphoric ester groups is 1. The van der Waals surface area contributed by atoms with Gasteiger partial charge in [0.05, 0.1) is 91.5 Å². The number of carbonyl (C=O) groups excluding carboxylic acids is 3. The average molecular weight is 1080 g/mol. The molecule has 0 radical (unpaired) electrons. The van der Waals surface area contributed by atoms with E-state index in [1.165, 1.54) is 24.3 Å². The van der Waals surface area contributed by atoms with Gasteiger partial charge >= 0.3 is 13.9 Å². The first kappa shape index (κ1) is 58.8. The van der Waals surface area contributed by atoms with E-state index in [-0.39, 0.29) is 61.8 Å². The minimum absolute atomic E-state index is 0.0200. The van der Waals surface area contributed by atoms with E-state index in [1.807, 2.05) is 53.4 Å². The molecular formula is C52H67N8O15P. The van der Waals surface area contributed by atoms with Gasteiger partial charge in [-0.05, 0) is 65.4 Å². The Labute approximate surface area is 441 Å². The third-order valence-electron chi connectivity index (χ3n) is 11.2. The molecule has 3 aromatic carbocycles. The molecule has 76 heavy (non-hydrogen) atoms. The largest absolute Gasteiger partial charge is 0.524 e. The molecule has 4 aromatic rings. The topological polar surface area (TPSA) is 283 Å². The van der Waals surface area contributed by atoms with E-state index in [9.17, 15) is 24.1 Å². The number of fused-ring (bicyclic) bond motifs is 2. The molecule has 6 N–H and O–H groups in total. The van der Waals surface area contributed by atoms with Crippen LogP contribution in [-0.2, 0) is 60.5 Å². The minimum Gasteiger partial charge on any atom is -0.443 e. The molecule has 6 rings (SSSR count). The molecule has 410 valence electrons. The highest BCUT2D eigenvalue weighted by atomic mass is 31.2. The van der Waals surface area contributed by atoms with Gasteiger partial charge in [0.2, 0.25) is 11.8 Å². The van der Waals surface area contributed by atoms with E-state index in [0.717, 1.165) is 27.4 Å². The lowest BCUT2D eigenvalue weighted by molar-refractivity contribution is -0.122. The lowest BCUT2D eigenvalue weighted by atomic mass is 10.0.